The summed E-state index contributed by atoms with van der Waals surface area (Å²) in [7, 11) is 0. The summed E-state index contributed by atoms with van der Waals surface area (Å²) in [5.41, 5.74) is 1.03. The predicted octanol–water partition coefficient (Wildman–Crippen LogP) is 4.03. The Labute approximate surface area is 153 Å². The van der Waals surface area contributed by atoms with Crippen LogP contribution < -0.4 is 5.32 Å². The van der Waals surface area contributed by atoms with Crippen LogP contribution in [0.25, 0.3) is 0 Å². The van der Waals surface area contributed by atoms with Gasteiger partial charge in [0.05, 0.1) is 0 Å². The fraction of sp³-hybridized carbons (Fsp3) is 0.579. The molecule has 0 bridgehead atoms. The van der Waals surface area contributed by atoms with Crippen molar-refractivity contribution in [2.24, 2.45) is 0 Å². The van der Waals surface area contributed by atoms with Crippen molar-refractivity contribution in [3.8, 4) is 0 Å². The van der Waals surface area contributed by atoms with Gasteiger partial charge in [-0.15, -0.1) is 0 Å². The molecule has 2 rings (SSSR count). The molecule has 0 heterocycles. The van der Waals surface area contributed by atoms with E-state index in [9.17, 15) is 9.59 Å². The molecule has 132 valence electrons. The molecule has 5 heteroatoms. The van der Waals surface area contributed by atoms with Crippen LogP contribution in [0.2, 0.25) is 0 Å². The SMILES string of the molecule is CCCC(=O)N(Cc1ccc(Br)cc1)C(C)C(=O)NC1CCCC1. The number of nitrogens with one attached hydrogen (secondary N) is 1. The first-order chi connectivity index (χ1) is 11.5. The van der Waals surface area contributed by atoms with Crippen molar-refractivity contribution in [3.63, 3.8) is 0 Å². The number of carbonyl (C=O) groups excluding carboxylic acids is 2. The Kier molecular flexibility index (Phi) is 7.28. The normalized spacial score (nSPS) is 16.0. The molecule has 1 N–H and O–H groups in total. The largest absolute Gasteiger partial charge is 0.352 e. The van der Waals surface area contributed by atoms with Gasteiger partial charge < -0.3 is 10.2 Å². The summed E-state index contributed by atoms with van der Waals surface area (Å²) in [6, 6.07) is 7.71. The lowest BCUT2D eigenvalue weighted by atomic mass is 10.1. The molecule has 1 saturated carbocycles. The number of amides is 2. The van der Waals surface area contributed by atoms with E-state index >= 15 is 0 Å². The zero-order chi connectivity index (χ0) is 17.5. The van der Waals surface area contributed by atoms with Gasteiger partial charge in [-0.05, 0) is 43.9 Å². The third kappa shape index (κ3) is 5.33. The second-order valence-electron chi connectivity index (χ2n) is 6.56. The first-order valence-corrected chi connectivity index (χ1v) is 9.65. The number of nitrogens with zero attached hydrogens (tertiary/aromatic N) is 1. The topological polar surface area (TPSA) is 49.4 Å². The maximum absolute atomic E-state index is 12.6. The van der Waals surface area contributed by atoms with Gasteiger partial charge in [-0.2, -0.15) is 0 Å². The molecule has 1 aromatic carbocycles. The Balaban J connectivity index is 2.06. The maximum Gasteiger partial charge on any atom is 0.242 e. The Hall–Kier alpha value is -1.36. The zero-order valence-corrected chi connectivity index (χ0v) is 16.1. The molecule has 1 aromatic rings. The third-order valence-corrected chi connectivity index (χ3v) is 5.13. The summed E-state index contributed by atoms with van der Waals surface area (Å²) in [6.45, 7) is 4.28. The van der Waals surface area contributed by atoms with Gasteiger partial charge in [-0.25, -0.2) is 0 Å². The second kappa shape index (κ2) is 9.21. The third-order valence-electron chi connectivity index (χ3n) is 4.60. The van der Waals surface area contributed by atoms with Crippen molar-refractivity contribution >= 4 is 27.7 Å². The molecular weight excluding hydrogens is 368 g/mol. The average molecular weight is 395 g/mol. The standard InChI is InChI=1S/C19H27BrN2O2/c1-3-6-18(23)22(13-15-9-11-16(20)12-10-15)14(2)19(24)21-17-7-4-5-8-17/h9-12,14,17H,3-8,13H2,1-2H3,(H,21,24). The first kappa shape index (κ1) is 19.0. The highest BCUT2D eigenvalue weighted by Gasteiger charge is 2.27. The van der Waals surface area contributed by atoms with Gasteiger partial charge in [0.25, 0.3) is 0 Å². The number of hydrogen-bond donors (Lipinski definition) is 1. The fourth-order valence-corrected chi connectivity index (χ4v) is 3.38. The smallest absolute Gasteiger partial charge is 0.242 e. The highest BCUT2D eigenvalue weighted by molar-refractivity contribution is 9.10. The second-order valence-corrected chi connectivity index (χ2v) is 7.48. The molecular formula is C19H27BrN2O2. The van der Waals surface area contributed by atoms with Crippen LogP contribution in [0, 0.1) is 0 Å². The first-order valence-electron chi connectivity index (χ1n) is 8.85. The number of hydrogen-bond acceptors (Lipinski definition) is 2. The summed E-state index contributed by atoms with van der Waals surface area (Å²) in [5, 5.41) is 3.11. The van der Waals surface area contributed by atoms with Crippen LogP contribution in [0.15, 0.2) is 28.7 Å². The van der Waals surface area contributed by atoms with E-state index < -0.39 is 6.04 Å². The van der Waals surface area contributed by atoms with Gasteiger partial charge in [0.2, 0.25) is 11.8 Å². The summed E-state index contributed by atoms with van der Waals surface area (Å²) < 4.78 is 1.00. The molecule has 24 heavy (non-hydrogen) atoms. The van der Waals surface area contributed by atoms with Crippen LogP contribution in [0.4, 0.5) is 0 Å². The van der Waals surface area contributed by atoms with Crippen LogP contribution in [-0.4, -0.2) is 28.8 Å². The molecule has 0 radical (unpaired) electrons. The van der Waals surface area contributed by atoms with E-state index in [1.807, 2.05) is 38.1 Å². The minimum absolute atomic E-state index is 0.0366. The predicted molar refractivity (Wildman–Crippen MR) is 99.5 cm³/mol. The van der Waals surface area contributed by atoms with Crippen molar-refractivity contribution in [1.82, 2.24) is 10.2 Å². The number of benzene rings is 1. The highest BCUT2D eigenvalue weighted by atomic mass is 79.9. The van der Waals surface area contributed by atoms with Gasteiger partial charge >= 0.3 is 0 Å². The van der Waals surface area contributed by atoms with Gasteiger partial charge in [0.15, 0.2) is 0 Å². The van der Waals surface area contributed by atoms with E-state index in [4.69, 9.17) is 0 Å². The Bertz CT molecular complexity index is 553. The molecule has 1 atom stereocenters. The van der Waals surface area contributed by atoms with Crippen LogP contribution >= 0.6 is 15.9 Å². The average Bonchev–Trinajstić information content (AvgIpc) is 3.06. The maximum atomic E-state index is 12.6. The lowest BCUT2D eigenvalue weighted by molar-refractivity contribution is -0.140. The zero-order valence-electron chi connectivity index (χ0n) is 14.6. The minimum Gasteiger partial charge on any atom is -0.352 e. The summed E-state index contributed by atoms with van der Waals surface area (Å²) in [5.74, 6) is -0.00189. The molecule has 0 saturated heterocycles. The van der Waals surface area contributed by atoms with Gasteiger partial charge in [-0.1, -0.05) is 47.8 Å². The van der Waals surface area contributed by atoms with E-state index in [2.05, 4.69) is 21.2 Å². The molecule has 0 aromatic heterocycles. The van der Waals surface area contributed by atoms with E-state index in [0.717, 1.165) is 29.3 Å². The van der Waals surface area contributed by atoms with Crippen molar-refractivity contribution < 1.29 is 9.59 Å². The van der Waals surface area contributed by atoms with Crippen LogP contribution in [0.5, 0.6) is 0 Å². The highest BCUT2D eigenvalue weighted by Crippen LogP contribution is 2.19. The number of rotatable bonds is 7. The number of halogens is 1. The lowest BCUT2D eigenvalue weighted by Gasteiger charge is -2.29. The monoisotopic (exact) mass is 394 g/mol. The molecule has 1 aliphatic rings. The molecule has 2 amide bonds. The van der Waals surface area contributed by atoms with Crippen molar-refractivity contribution in [2.45, 2.75) is 71.0 Å². The van der Waals surface area contributed by atoms with Crippen LogP contribution in [-0.2, 0) is 16.1 Å². The quantitative estimate of drug-likeness (QED) is 0.758. The summed E-state index contributed by atoms with van der Waals surface area (Å²) in [4.78, 5) is 26.8. The Morgan fingerprint density at radius 2 is 1.88 bits per heavy atom. The van der Waals surface area contributed by atoms with Crippen molar-refractivity contribution in [1.29, 1.82) is 0 Å². The van der Waals surface area contributed by atoms with E-state index in [1.165, 1.54) is 12.8 Å². The Morgan fingerprint density at radius 1 is 1.25 bits per heavy atom. The van der Waals surface area contributed by atoms with E-state index in [-0.39, 0.29) is 17.9 Å². The van der Waals surface area contributed by atoms with Crippen molar-refractivity contribution in [3.05, 3.63) is 34.3 Å². The van der Waals surface area contributed by atoms with Gasteiger partial charge in [0.1, 0.15) is 6.04 Å². The minimum atomic E-state index is -0.451. The molecule has 1 unspecified atom stereocenters. The molecule has 0 spiro atoms. The van der Waals surface area contributed by atoms with E-state index in [0.29, 0.717) is 13.0 Å². The van der Waals surface area contributed by atoms with Gasteiger partial charge in [0, 0.05) is 23.5 Å². The molecule has 1 aliphatic carbocycles. The number of carbonyl (C=O) groups is 2. The Morgan fingerprint density at radius 3 is 2.46 bits per heavy atom. The van der Waals surface area contributed by atoms with Gasteiger partial charge in [-0.3, -0.25) is 9.59 Å². The molecule has 4 nitrogen and oxygen atoms in total. The van der Waals surface area contributed by atoms with E-state index in [1.54, 1.807) is 4.90 Å². The fourth-order valence-electron chi connectivity index (χ4n) is 3.12. The molecule has 1 fully saturated rings. The summed E-state index contributed by atoms with van der Waals surface area (Å²) in [6.07, 6.45) is 5.71. The van der Waals surface area contributed by atoms with Crippen LogP contribution in [0.3, 0.4) is 0 Å². The summed E-state index contributed by atoms with van der Waals surface area (Å²) >= 11 is 3.42. The van der Waals surface area contributed by atoms with Crippen LogP contribution in [0.1, 0.15) is 57.9 Å². The van der Waals surface area contributed by atoms with Crippen molar-refractivity contribution in [2.75, 3.05) is 0 Å². The lowest BCUT2D eigenvalue weighted by Crippen LogP contribution is -2.49. The molecule has 0 aliphatic heterocycles.